The van der Waals surface area contributed by atoms with E-state index >= 15 is 0 Å². The number of aryl methyl sites for hydroxylation is 1. The summed E-state index contributed by atoms with van der Waals surface area (Å²) in [5.74, 6) is -6.45. The van der Waals surface area contributed by atoms with Crippen LogP contribution in [0.2, 0.25) is 0 Å². The van der Waals surface area contributed by atoms with Crippen molar-refractivity contribution < 1.29 is 33.8 Å². The predicted molar refractivity (Wildman–Crippen MR) is 127 cm³/mol. The lowest BCUT2D eigenvalue weighted by atomic mass is 9.84. The average molecular weight is 503 g/mol. The first-order valence-electron chi connectivity index (χ1n) is 10.8. The Morgan fingerprint density at radius 2 is 1.68 bits per heavy atom. The number of nitro groups is 2. The number of ether oxygens (including phenoxy) is 1. The Kier molecular flexibility index (Phi) is 6.57. The van der Waals surface area contributed by atoms with Gasteiger partial charge in [0.05, 0.1) is 15.4 Å². The second kappa shape index (κ2) is 9.77. The quantitative estimate of drug-likeness (QED) is 0.120. The van der Waals surface area contributed by atoms with E-state index in [1.54, 1.807) is 19.1 Å². The van der Waals surface area contributed by atoms with E-state index in [4.69, 9.17) is 4.74 Å². The fourth-order valence-corrected chi connectivity index (χ4v) is 3.99. The molecule has 12 nitrogen and oxygen atoms in total. The van der Waals surface area contributed by atoms with E-state index in [1.807, 2.05) is 0 Å². The minimum atomic E-state index is -1.92. The fourth-order valence-electron chi connectivity index (χ4n) is 3.99. The van der Waals surface area contributed by atoms with Gasteiger partial charge in [0, 0.05) is 29.3 Å². The van der Waals surface area contributed by atoms with Crippen LogP contribution in [0.1, 0.15) is 37.9 Å². The number of nitrogens with one attached hydrogen (secondary N) is 1. The summed E-state index contributed by atoms with van der Waals surface area (Å²) in [6.45, 7) is 1.60. The minimum absolute atomic E-state index is 0.0896. The molecule has 0 saturated carbocycles. The van der Waals surface area contributed by atoms with Gasteiger partial charge >= 0.3 is 5.97 Å². The maximum Gasteiger partial charge on any atom is 0.339 e. The SMILES string of the molecule is Cc1ccc(NC(=O)C(=O)[C@@H](C(=O)c2cccc([N+](=O)[O-])c2)[C@H]2OC(=O)c3ccccc32)c([N+](=O)[O-])c1. The summed E-state index contributed by atoms with van der Waals surface area (Å²) in [6, 6.07) is 14.4. The van der Waals surface area contributed by atoms with Crippen LogP contribution < -0.4 is 5.32 Å². The molecule has 0 aliphatic carbocycles. The van der Waals surface area contributed by atoms with Crippen molar-refractivity contribution in [1.82, 2.24) is 0 Å². The number of carbonyl (C=O) groups excluding carboxylic acids is 4. The first-order valence-corrected chi connectivity index (χ1v) is 10.8. The van der Waals surface area contributed by atoms with Crippen LogP contribution in [0.3, 0.4) is 0 Å². The highest BCUT2D eigenvalue weighted by atomic mass is 16.6. The van der Waals surface area contributed by atoms with Crippen molar-refractivity contribution in [3.8, 4) is 0 Å². The topological polar surface area (TPSA) is 176 Å². The Bertz CT molecular complexity index is 1500. The number of amides is 1. The molecule has 186 valence electrons. The van der Waals surface area contributed by atoms with Crippen LogP contribution >= 0.6 is 0 Å². The minimum Gasteiger partial charge on any atom is -0.453 e. The maximum atomic E-state index is 13.5. The number of cyclic esters (lactones) is 1. The summed E-state index contributed by atoms with van der Waals surface area (Å²) >= 11 is 0. The van der Waals surface area contributed by atoms with Crippen molar-refractivity contribution in [3.05, 3.63) is 109 Å². The van der Waals surface area contributed by atoms with E-state index in [1.165, 1.54) is 42.5 Å². The second-order valence-electron chi connectivity index (χ2n) is 8.16. The molecule has 0 unspecified atom stereocenters. The predicted octanol–water partition coefficient (Wildman–Crippen LogP) is 3.73. The normalized spacial score (nSPS) is 14.7. The molecular formula is C25H17N3O9. The molecule has 1 heterocycles. The van der Waals surface area contributed by atoms with E-state index in [-0.39, 0.29) is 22.4 Å². The molecule has 0 bridgehead atoms. The maximum absolute atomic E-state index is 13.5. The summed E-state index contributed by atoms with van der Waals surface area (Å²) in [5, 5.41) is 24.8. The van der Waals surface area contributed by atoms with Gasteiger partial charge in [-0.05, 0) is 24.6 Å². The Morgan fingerprint density at radius 3 is 2.38 bits per heavy atom. The smallest absolute Gasteiger partial charge is 0.339 e. The number of rotatable bonds is 8. The summed E-state index contributed by atoms with van der Waals surface area (Å²) in [6.07, 6.45) is -1.50. The van der Waals surface area contributed by atoms with Crippen molar-refractivity contribution in [2.75, 3.05) is 5.32 Å². The van der Waals surface area contributed by atoms with Gasteiger partial charge in [-0.1, -0.05) is 36.4 Å². The molecule has 2 atom stereocenters. The molecule has 0 fully saturated rings. The number of ketones is 2. The van der Waals surface area contributed by atoms with Gasteiger partial charge in [0.15, 0.2) is 5.78 Å². The molecule has 1 amide bonds. The van der Waals surface area contributed by atoms with Crippen molar-refractivity contribution >= 4 is 40.5 Å². The third kappa shape index (κ3) is 4.80. The van der Waals surface area contributed by atoms with Gasteiger partial charge in [-0.25, -0.2) is 4.79 Å². The van der Waals surface area contributed by atoms with Crippen molar-refractivity contribution in [2.45, 2.75) is 13.0 Å². The van der Waals surface area contributed by atoms with Crippen molar-refractivity contribution in [3.63, 3.8) is 0 Å². The van der Waals surface area contributed by atoms with Gasteiger partial charge in [0.2, 0.25) is 5.78 Å². The van der Waals surface area contributed by atoms with Gasteiger partial charge in [0.1, 0.15) is 17.7 Å². The molecule has 3 aromatic carbocycles. The Balaban J connectivity index is 1.75. The standard InChI is InChI=1S/C25H17N3O9/c1-13-9-10-18(19(11-13)28(35)36)26-24(31)22(30)20(21(29)14-5-4-6-15(12-14)27(33)34)23-16-7-2-3-8-17(16)25(32)37-23/h2-12,20,23H,1H3,(H,26,31)/t20-,23+/m1/s1. The second-order valence-corrected chi connectivity index (χ2v) is 8.16. The summed E-state index contributed by atoms with van der Waals surface area (Å²) < 4.78 is 5.31. The highest BCUT2D eigenvalue weighted by molar-refractivity contribution is 6.45. The number of nitrogens with zero attached hydrogens (tertiary/aromatic N) is 2. The first-order chi connectivity index (χ1) is 17.6. The van der Waals surface area contributed by atoms with Gasteiger partial charge in [-0.15, -0.1) is 0 Å². The number of Topliss-reactive ketones (excluding diaryl/α,β-unsaturated/α-hetero) is 2. The van der Waals surface area contributed by atoms with Crippen molar-refractivity contribution in [2.24, 2.45) is 5.92 Å². The number of hydrogen-bond donors (Lipinski definition) is 1. The van der Waals surface area contributed by atoms with Crippen LogP contribution in [-0.4, -0.2) is 33.3 Å². The number of benzene rings is 3. The van der Waals surface area contributed by atoms with Crippen LogP contribution in [0.15, 0.2) is 66.7 Å². The van der Waals surface area contributed by atoms with E-state index in [0.29, 0.717) is 5.56 Å². The molecule has 0 spiro atoms. The lowest BCUT2D eigenvalue weighted by Crippen LogP contribution is -2.38. The van der Waals surface area contributed by atoms with Gasteiger partial charge in [-0.3, -0.25) is 34.6 Å². The van der Waals surface area contributed by atoms with Gasteiger partial charge < -0.3 is 10.1 Å². The number of hydrogen-bond acceptors (Lipinski definition) is 9. The summed E-state index contributed by atoms with van der Waals surface area (Å²) in [7, 11) is 0. The van der Waals surface area contributed by atoms with E-state index in [9.17, 15) is 39.4 Å². The molecule has 4 rings (SSSR count). The highest BCUT2D eigenvalue weighted by Gasteiger charge is 2.46. The summed E-state index contributed by atoms with van der Waals surface area (Å²) in [4.78, 5) is 73.5. The molecule has 1 aliphatic heterocycles. The lowest BCUT2D eigenvalue weighted by molar-refractivity contribution is -0.384. The van der Waals surface area contributed by atoms with Crippen molar-refractivity contribution in [1.29, 1.82) is 0 Å². The monoisotopic (exact) mass is 503 g/mol. The van der Waals surface area contributed by atoms with Crippen LogP contribution in [0.25, 0.3) is 0 Å². The van der Waals surface area contributed by atoms with Gasteiger partial charge in [0.25, 0.3) is 17.3 Å². The van der Waals surface area contributed by atoms with E-state index in [0.717, 1.165) is 12.1 Å². The van der Waals surface area contributed by atoms with Gasteiger partial charge in [-0.2, -0.15) is 0 Å². The largest absolute Gasteiger partial charge is 0.453 e. The number of carbonyl (C=O) groups is 4. The summed E-state index contributed by atoms with van der Waals surface area (Å²) in [5.41, 5.74) is -0.642. The average Bonchev–Trinajstić information content (AvgIpc) is 3.21. The van der Waals surface area contributed by atoms with Crippen LogP contribution in [0.5, 0.6) is 0 Å². The Morgan fingerprint density at radius 1 is 0.946 bits per heavy atom. The van der Waals surface area contributed by atoms with Crippen LogP contribution in [0.4, 0.5) is 17.1 Å². The number of non-ortho nitro benzene ring substituents is 1. The lowest BCUT2D eigenvalue weighted by Gasteiger charge is -2.21. The third-order valence-corrected chi connectivity index (χ3v) is 5.75. The Labute approximate surface area is 208 Å². The molecule has 37 heavy (non-hydrogen) atoms. The molecule has 1 aliphatic rings. The van der Waals surface area contributed by atoms with E-state index in [2.05, 4.69) is 5.32 Å². The molecular weight excluding hydrogens is 486 g/mol. The molecule has 0 saturated heterocycles. The number of esters is 1. The number of nitro benzene ring substituents is 2. The fraction of sp³-hybridized carbons (Fsp3) is 0.120. The first kappa shape index (κ1) is 24.9. The molecule has 1 N–H and O–H groups in total. The molecule has 0 radical (unpaired) electrons. The molecule has 12 heteroatoms. The zero-order valence-electron chi connectivity index (χ0n) is 19.1. The zero-order valence-corrected chi connectivity index (χ0v) is 19.1. The van der Waals surface area contributed by atoms with Crippen LogP contribution in [-0.2, 0) is 14.3 Å². The highest BCUT2D eigenvalue weighted by Crippen LogP contribution is 2.38. The third-order valence-electron chi connectivity index (χ3n) is 5.75. The van der Waals surface area contributed by atoms with E-state index < -0.39 is 56.7 Å². The number of fused-ring (bicyclic) bond motifs is 1. The van der Waals surface area contributed by atoms with Crippen LogP contribution in [0, 0.1) is 33.1 Å². The Hall–Kier alpha value is -5.26. The zero-order chi connectivity index (χ0) is 26.9. The number of anilines is 1. The molecule has 3 aromatic rings. The molecule has 0 aromatic heterocycles.